The van der Waals surface area contributed by atoms with Crippen LogP contribution in [0.3, 0.4) is 0 Å². The smallest absolute Gasteiger partial charge is 0.107 e. The summed E-state index contributed by atoms with van der Waals surface area (Å²) in [6, 6.07) is 4.38. The lowest BCUT2D eigenvalue weighted by atomic mass is 9.74. The largest absolute Gasteiger partial charge is 0.394 e. The maximum Gasteiger partial charge on any atom is 0.107 e. The second-order valence-electron chi connectivity index (χ2n) is 6.55. The van der Waals surface area contributed by atoms with Crippen molar-refractivity contribution in [1.29, 1.82) is 0 Å². The van der Waals surface area contributed by atoms with Crippen LogP contribution in [0.2, 0.25) is 0 Å². The number of rotatable bonds is 2. The first kappa shape index (κ1) is 15.4. The van der Waals surface area contributed by atoms with Gasteiger partial charge in [0.15, 0.2) is 0 Å². The fourth-order valence-corrected chi connectivity index (χ4v) is 4.36. The number of halogens is 1. The van der Waals surface area contributed by atoms with Gasteiger partial charge in [-0.25, -0.2) is 4.98 Å². The van der Waals surface area contributed by atoms with Crippen LogP contribution in [0.5, 0.6) is 0 Å². The van der Waals surface area contributed by atoms with Crippen LogP contribution in [0.15, 0.2) is 41.0 Å². The van der Waals surface area contributed by atoms with E-state index >= 15 is 0 Å². The number of fused-ring (bicyclic) bond motifs is 3. The molecule has 1 fully saturated rings. The van der Waals surface area contributed by atoms with Crippen LogP contribution in [-0.4, -0.2) is 28.8 Å². The molecule has 3 aliphatic rings. The molecule has 5 heteroatoms. The van der Waals surface area contributed by atoms with Crippen molar-refractivity contribution >= 4 is 21.6 Å². The molecule has 3 heterocycles. The van der Waals surface area contributed by atoms with Crippen molar-refractivity contribution in [3.05, 3.63) is 46.7 Å². The van der Waals surface area contributed by atoms with Crippen molar-refractivity contribution in [3.8, 4) is 0 Å². The van der Waals surface area contributed by atoms with Gasteiger partial charge in [-0.15, -0.1) is 0 Å². The summed E-state index contributed by atoms with van der Waals surface area (Å²) >= 11 is 3.47. The van der Waals surface area contributed by atoms with E-state index < -0.39 is 0 Å². The van der Waals surface area contributed by atoms with Crippen molar-refractivity contribution in [3.63, 3.8) is 0 Å². The topological polar surface area (TPSA) is 54.4 Å². The maximum atomic E-state index is 9.51. The highest BCUT2D eigenvalue weighted by Gasteiger charge is 2.44. The summed E-state index contributed by atoms with van der Waals surface area (Å²) in [5.74, 6) is 0.854. The summed E-state index contributed by atoms with van der Waals surface area (Å²) in [5.41, 5.74) is 2.02. The quantitative estimate of drug-likeness (QED) is 0.774. The number of nitrogens with zero attached hydrogens (tertiary/aromatic N) is 1. The van der Waals surface area contributed by atoms with E-state index in [0.717, 1.165) is 35.2 Å². The van der Waals surface area contributed by atoms with Gasteiger partial charge in [0.25, 0.3) is 0 Å². The molecule has 0 spiro atoms. The molecule has 1 aromatic rings. The van der Waals surface area contributed by atoms with E-state index in [4.69, 9.17) is 4.74 Å². The first-order valence-electron chi connectivity index (χ1n) is 8.29. The fraction of sp³-hybridized carbons (Fsp3) is 0.500. The normalized spacial score (nSPS) is 35.3. The Balaban J connectivity index is 1.70. The summed E-state index contributed by atoms with van der Waals surface area (Å²) in [5, 5.41) is 13.2. The van der Waals surface area contributed by atoms with Gasteiger partial charge in [-0.1, -0.05) is 24.3 Å². The Kier molecular flexibility index (Phi) is 4.26. The van der Waals surface area contributed by atoms with E-state index in [2.05, 4.69) is 56.6 Å². The van der Waals surface area contributed by atoms with Gasteiger partial charge in [0, 0.05) is 17.9 Å². The minimum atomic E-state index is -0.0783. The Morgan fingerprint density at radius 2 is 2.22 bits per heavy atom. The molecule has 1 aromatic heterocycles. The van der Waals surface area contributed by atoms with E-state index in [1.807, 2.05) is 6.07 Å². The van der Waals surface area contributed by atoms with Crippen LogP contribution >= 0.6 is 15.9 Å². The molecule has 0 aromatic carbocycles. The zero-order valence-corrected chi connectivity index (χ0v) is 14.4. The van der Waals surface area contributed by atoms with Gasteiger partial charge in [0.2, 0.25) is 0 Å². The lowest BCUT2D eigenvalue weighted by Crippen LogP contribution is -2.47. The van der Waals surface area contributed by atoms with Crippen molar-refractivity contribution < 1.29 is 9.84 Å². The van der Waals surface area contributed by atoms with Gasteiger partial charge in [0.1, 0.15) is 10.7 Å². The SMILES string of the molecule is OC[C@H]1CC[C@@H]2[C@H](O1)c1nc(Br)ccc1N[C@H]2C1C=CC=CC1. The molecule has 2 N–H and O–H groups in total. The van der Waals surface area contributed by atoms with Crippen LogP contribution < -0.4 is 5.32 Å². The molecule has 1 aliphatic carbocycles. The zero-order chi connectivity index (χ0) is 15.8. The van der Waals surface area contributed by atoms with Crippen LogP contribution in [0.25, 0.3) is 0 Å². The van der Waals surface area contributed by atoms with Crippen molar-refractivity contribution in [2.75, 3.05) is 11.9 Å². The highest BCUT2D eigenvalue weighted by Crippen LogP contribution is 2.47. The van der Waals surface area contributed by atoms with Gasteiger partial charge in [-0.3, -0.25) is 0 Å². The Morgan fingerprint density at radius 1 is 1.30 bits per heavy atom. The Hall–Kier alpha value is -1.17. The predicted octanol–water partition coefficient (Wildman–Crippen LogP) is 3.60. The Morgan fingerprint density at radius 3 is 3.00 bits per heavy atom. The molecule has 1 saturated heterocycles. The fourth-order valence-electron chi connectivity index (χ4n) is 4.04. The molecule has 5 atom stereocenters. The van der Waals surface area contributed by atoms with Crippen molar-refractivity contribution in [1.82, 2.24) is 4.98 Å². The minimum absolute atomic E-state index is 0.0426. The number of hydrogen-bond acceptors (Lipinski definition) is 4. The third-order valence-electron chi connectivity index (χ3n) is 5.17. The second kappa shape index (κ2) is 6.38. The molecule has 2 aliphatic heterocycles. The highest BCUT2D eigenvalue weighted by atomic mass is 79.9. The van der Waals surface area contributed by atoms with Gasteiger partial charge in [-0.05, 0) is 47.3 Å². The number of anilines is 1. The lowest BCUT2D eigenvalue weighted by Gasteiger charge is -2.46. The standard InChI is InChI=1S/C18H21BrN2O2/c19-15-9-8-14-17(21-15)18-13(7-6-12(10-22)23-18)16(20-14)11-4-2-1-3-5-11/h1-4,8-9,11-13,16,18,20,22H,5-7,10H2/t11?,12-,13+,16+,18+/m1/s1. The van der Waals surface area contributed by atoms with E-state index in [-0.39, 0.29) is 18.8 Å². The molecule has 122 valence electrons. The predicted molar refractivity (Wildman–Crippen MR) is 93.2 cm³/mol. The van der Waals surface area contributed by atoms with Crippen LogP contribution in [0.4, 0.5) is 5.69 Å². The van der Waals surface area contributed by atoms with Gasteiger partial charge >= 0.3 is 0 Å². The molecular weight excluding hydrogens is 356 g/mol. The van der Waals surface area contributed by atoms with Crippen LogP contribution in [0, 0.1) is 11.8 Å². The highest BCUT2D eigenvalue weighted by molar-refractivity contribution is 9.10. The number of hydrogen-bond donors (Lipinski definition) is 2. The van der Waals surface area contributed by atoms with Crippen LogP contribution in [0.1, 0.15) is 31.1 Å². The van der Waals surface area contributed by atoms with E-state index in [0.29, 0.717) is 17.9 Å². The van der Waals surface area contributed by atoms with Crippen molar-refractivity contribution in [2.45, 2.75) is 37.5 Å². The maximum absolute atomic E-state index is 9.51. The zero-order valence-electron chi connectivity index (χ0n) is 12.9. The summed E-state index contributed by atoms with van der Waals surface area (Å²) in [7, 11) is 0. The molecule has 0 bridgehead atoms. The number of pyridine rings is 1. The number of ether oxygens (including phenoxy) is 1. The van der Waals surface area contributed by atoms with Gasteiger partial charge in [0.05, 0.1) is 24.1 Å². The molecule has 0 radical (unpaired) electrons. The van der Waals surface area contributed by atoms with E-state index in [9.17, 15) is 5.11 Å². The average Bonchev–Trinajstić information content (AvgIpc) is 2.61. The third-order valence-corrected chi connectivity index (χ3v) is 5.61. The van der Waals surface area contributed by atoms with Crippen LogP contribution in [-0.2, 0) is 4.74 Å². The number of aliphatic hydroxyl groups excluding tert-OH is 1. The monoisotopic (exact) mass is 376 g/mol. The van der Waals surface area contributed by atoms with Gasteiger partial charge < -0.3 is 15.2 Å². The summed E-state index contributed by atoms with van der Waals surface area (Å²) in [4.78, 5) is 4.66. The first-order chi connectivity index (χ1) is 11.3. The molecular formula is C18H21BrN2O2. The Labute approximate surface area is 144 Å². The third kappa shape index (κ3) is 2.86. The minimum Gasteiger partial charge on any atom is -0.394 e. The molecule has 0 saturated carbocycles. The average molecular weight is 377 g/mol. The first-order valence-corrected chi connectivity index (χ1v) is 9.08. The number of allylic oxidation sites excluding steroid dienone is 3. The lowest BCUT2D eigenvalue weighted by molar-refractivity contribution is -0.113. The molecule has 0 amide bonds. The molecule has 1 unspecified atom stereocenters. The van der Waals surface area contributed by atoms with Gasteiger partial charge in [-0.2, -0.15) is 0 Å². The molecule has 4 rings (SSSR count). The summed E-state index contributed by atoms with van der Waals surface area (Å²) in [6.45, 7) is 0.0801. The number of aromatic nitrogens is 1. The van der Waals surface area contributed by atoms with Crippen molar-refractivity contribution in [2.24, 2.45) is 11.8 Å². The summed E-state index contributed by atoms with van der Waals surface area (Å²) in [6.07, 6.45) is 11.7. The summed E-state index contributed by atoms with van der Waals surface area (Å²) < 4.78 is 7.05. The second-order valence-corrected chi connectivity index (χ2v) is 7.36. The Bertz CT molecular complexity index is 646. The molecule has 4 nitrogen and oxygen atoms in total. The molecule has 23 heavy (non-hydrogen) atoms. The number of nitrogens with one attached hydrogen (secondary N) is 1. The van der Waals surface area contributed by atoms with E-state index in [1.54, 1.807) is 0 Å². The van der Waals surface area contributed by atoms with E-state index in [1.165, 1.54) is 0 Å². The number of aliphatic hydroxyl groups is 1.